The molecule has 10 heteroatoms. The Labute approximate surface area is 496 Å². The average molecular weight is 1150 g/mol. The molecule has 0 fully saturated rings. The smallest absolute Gasteiger partial charge is 0.462 e. The van der Waals surface area contributed by atoms with Gasteiger partial charge in [-0.3, -0.25) is 18.6 Å². The molecule has 0 saturated heterocycles. The number of rotatable bonds is 63. The number of nitrogens with zero attached hydrogens (tertiary/aromatic N) is 1. The minimum atomic E-state index is -4.39. The van der Waals surface area contributed by atoms with Gasteiger partial charge in [-0.25, -0.2) is 4.57 Å². The van der Waals surface area contributed by atoms with Crippen LogP contribution in [-0.4, -0.2) is 74.9 Å². The molecule has 80 heavy (non-hydrogen) atoms. The van der Waals surface area contributed by atoms with Crippen LogP contribution in [0.15, 0.2) is 60.8 Å². The molecule has 0 amide bonds. The monoisotopic (exact) mass is 1140 g/mol. The lowest BCUT2D eigenvalue weighted by Gasteiger charge is -2.24. The number of carbonyl (C=O) groups excluding carboxylic acids is 2. The number of hydrogen-bond acceptors (Lipinski definition) is 7. The van der Waals surface area contributed by atoms with Crippen molar-refractivity contribution in [3.63, 3.8) is 0 Å². The van der Waals surface area contributed by atoms with Gasteiger partial charge in [-0.2, -0.15) is 0 Å². The van der Waals surface area contributed by atoms with Crippen molar-refractivity contribution >= 4 is 19.8 Å². The Hall–Kier alpha value is -2.29. The van der Waals surface area contributed by atoms with Crippen LogP contribution in [0.25, 0.3) is 0 Å². The summed E-state index contributed by atoms with van der Waals surface area (Å²) in [5, 5.41) is 0. The molecule has 0 bridgehead atoms. The number of unbranched alkanes of at least 4 members (excludes halogenated alkanes) is 39. The maximum absolute atomic E-state index is 12.9. The van der Waals surface area contributed by atoms with Crippen molar-refractivity contribution in [1.29, 1.82) is 0 Å². The fraction of sp³-hybridized carbons (Fsp3) is 0.829. The highest BCUT2D eigenvalue weighted by Crippen LogP contribution is 2.43. The number of phosphoric acid groups is 1. The molecule has 0 aromatic rings. The zero-order valence-corrected chi connectivity index (χ0v) is 54.2. The van der Waals surface area contributed by atoms with Crippen molar-refractivity contribution in [2.24, 2.45) is 0 Å². The molecule has 0 spiro atoms. The number of quaternary nitrogens is 1. The van der Waals surface area contributed by atoms with Crippen LogP contribution in [0.5, 0.6) is 0 Å². The highest BCUT2D eigenvalue weighted by atomic mass is 31.2. The standard InChI is InChI=1S/C70H130NO8P/c1-6-8-10-12-14-16-18-20-22-24-26-28-30-32-33-34-35-36-37-39-41-43-45-47-49-51-53-55-57-59-61-63-70(73)79-68(67-78-80(74,75)77-65-64-71(3,4)5)66-76-69(72)62-60-58-56-54-52-50-48-46-44-42-40-38-31-29-27-25-23-21-19-17-15-13-11-9-7-2/h18-21,24-27,30,32,68H,6-17,22-23,28-29,31,33-67H2,1-5H3/p+1/b20-18-,21-19-,26-24-,27-25-,32-30-. The van der Waals surface area contributed by atoms with Gasteiger partial charge >= 0.3 is 19.8 Å². The summed E-state index contributed by atoms with van der Waals surface area (Å²) in [5.41, 5.74) is 0. The first kappa shape index (κ1) is 77.7. The van der Waals surface area contributed by atoms with Crippen LogP contribution in [-0.2, 0) is 32.7 Å². The Kier molecular flexibility index (Phi) is 59.5. The van der Waals surface area contributed by atoms with Gasteiger partial charge in [0.25, 0.3) is 0 Å². The third-order valence-electron chi connectivity index (χ3n) is 15.0. The first-order chi connectivity index (χ1) is 39.0. The lowest BCUT2D eigenvalue weighted by Crippen LogP contribution is -2.37. The van der Waals surface area contributed by atoms with Gasteiger partial charge in [-0.1, -0.05) is 286 Å². The largest absolute Gasteiger partial charge is 0.472 e. The lowest BCUT2D eigenvalue weighted by atomic mass is 10.0. The van der Waals surface area contributed by atoms with Crippen molar-refractivity contribution in [1.82, 2.24) is 0 Å². The van der Waals surface area contributed by atoms with E-state index in [9.17, 15) is 19.0 Å². The van der Waals surface area contributed by atoms with E-state index in [4.69, 9.17) is 18.5 Å². The van der Waals surface area contributed by atoms with E-state index in [1.54, 1.807) is 0 Å². The normalized spacial score (nSPS) is 13.5. The van der Waals surface area contributed by atoms with E-state index in [1.807, 2.05) is 21.1 Å². The third-order valence-corrected chi connectivity index (χ3v) is 16.0. The number of ether oxygens (including phenoxy) is 2. The highest BCUT2D eigenvalue weighted by Gasteiger charge is 2.27. The molecule has 9 nitrogen and oxygen atoms in total. The molecule has 0 aliphatic heterocycles. The molecule has 0 radical (unpaired) electrons. The Morgan fingerprint density at radius 1 is 0.388 bits per heavy atom. The number of allylic oxidation sites excluding steroid dienone is 10. The summed E-state index contributed by atoms with van der Waals surface area (Å²) >= 11 is 0. The molecule has 0 heterocycles. The van der Waals surface area contributed by atoms with Gasteiger partial charge in [0.15, 0.2) is 6.10 Å². The predicted molar refractivity (Wildman–Crippen MR) is 344 cm³/mol. The van der Waals surface area contributed by atoms with Crippen LogP contribution in [0.3, 0.4) is 0 Å². The average Bonchev–Trinajstić information content (AvgIpc) is 3.42. The van der Waals surface area contributed by atoms with Crippen molar-refractivity contribution in [3.8, 4) is 0 Å². The van der Waals surface area contributed by atoms with Gasteiger partial charge < -0.3 is 18.9 Å². The number of phosphoric ester groups is 1. The summed E-state index contributed by atoms with van der Waals surface area (Å²) in [6, 6.07) is 0. The summed E-state index contributed by atoms with van der Waals surface area (Å²) < 4.78 is 34.7. The molecule has 0 aromatic heterocycles. The molecule has 0 aromatic carbocycles. The van der Waals surface area contributed by atoms with Crippen LogP contribution >= 0.6 is 7.82 Å². The first-order valence-corrected chi connectivity index (χ1v) is 35.5. The molecule has 0 aliphatic carbocycles. The molecule has 1 N–H and O–H groups in total. The van der Waals surface area contributed by atoms with Crippen molar-refractivity contribution < 1.29 is 42.1 Å². The second kappa shape index (κ2) is 61.3. The summed E-state index contributed by atoms with van der Waals surface area (Å²) in [5.74, 6) is -0.786. The first-order valence-electron chi connectivity index (χ1n) is 34.0. The van der Waals surface area contributed by atoms with Gasteiger partial charge in [-0.05, 0) is 83.5 Å². The maximum atomic E-state index is 12.9. The molecule has 0 saturated carbocycles. The van der Waals surface area contributed by atoms with Gasteiger partial charge in [0, 0.05) is 12.8 Å². The van der Waals surface area contributed by atoms with E-state index in [0.29, 0.717) is 17.4 Å². The number of hydrogen-bond donors (Lipinski definition) is 1. The van der Waals surface area contributed by atoms with Crippen LogP contribution < -0.4 is 0 Å². The second-order valence-electron chi connectivity index (χ2n) is 24.2. The van der Waals surface area contributed by atoms with Crippen molar-refractivity contribution in [3.05, 3.63) is 60.8 Å². The van der Waals surface area contributed by atoms with Crippen molar-refractivity contribution in [2.45, 2.75) is 328 Å². The highest BCUT2D eigenvalue weighted by molar-refractivity contribution is 7.47. The van der Waals surface area contributed by atoms with E-state index < -0.39 is 26.5 Å². The fourth-order valence-corrected chi connectivity index (χ4v) is 10.5. The minimum absolute atomic E-state index is 0.0317. The van der Waals surface area contributed by atoms with Gasteiger partial charge in [-0.15, -0.1) is 0 Å². The zero-order valence-electron chi connectivity index (χ0n) is 53.3. The second-order valence-corrected chi connectivity index (χ2v) is 25.7. The molecule has 0 rings (SSSR count). The lowest BCUT2D eigenvalue weighted by molar-refractivity contribution is -0.870. The van der Waals surface area contributed by atoms with E-state index in [0.717, 1.165) is 51.4 Å². The Bertz CT molecular complexity index is 1530. The van der Waals surface area contributed by atoms with Crippen LogP contribution in [0, 0.1) is 0 Å². The minimum Gasteiger partial charge on any atom is -0.462 e. The van der Waals surface area contributed by atoms with Crippen molar-refractivity contribution in [2.75, 3.05) is 47.5 Å². The fourth-order valence-electron chi connectivity index (χ4n) is 9.76. The van der Waals surface area contributed by atoms with Crippen LogP contribution in [0.1, 0.15) is 322 Å². The molecule has 0 aliphatic rings. The zero-order chi connectivity index (χ0) is 58.4. The summed E-state index contributed by atoms with van der Waals surface area (Å²) in [6.45, 7) is 4.46. The van der Waals surface area contributed by atoms with E-state index >= 15 is 0 Å². The molecule has 468 valence electrons. The van der Waals surface area contributed by atoms with Crippen LogP contribution in [0.4, 0.5) is 0 Å². The van der Waals surface area contributed by atoms with Gasteiger partial charge in [0.1, 0.15) is 19.8 Å². The number of esters is 2. The topological polar surface area (TPSA) is 108 Å². The maximum Gasteiger partial charge on any atom is 0.472 e. The van der Waals surface area contributed by atoms with E-state index in [2.05, 4.69) is 74.6 Å². The van der Waals surface area contributed by atoms with Gasteiger partial charge in [0.05, 0.1) is 27.7 Å². The SMILES string of the molecule is CCCCCCC/C=C\C/C=C\C/C=C\CCCCCCCCCCCCCCCCCCC(=O)OC(COC(=O)CCCCCCCCCCCCCCC/C=C\C/C=C\CCCCCCC)COP(=O)(O)OCC[N+](C)(C)C. The molecular formula is C70H131NO8P+. The summed E-state index contributed by atoms with van der Waals surface area (Å²) in [4.78, 5) is 35.8. The Morgan fingerprint density at radius 2 is 0.675 bits per heavy atom. The molecule has 2 unspecified atom stereocenters. The van der Waals surface area contributed by atoms with Crippen LogP contribution in [0.2, 0.25) is 0 Å². The predicted octanol–water partition coefficient (Wildman–Crippen LogP) is 21.8. The van der Waals surface area contributed by atoms with E-state index in [-0.39, 0.29) is 32.0 Å². The Morgan fingerprint density at radius 3 is 1.00 bits per heavy atom. The molecule has 2 atom stereocenters. The third kappa shape index (κ3) is 64.9. The van der Waals surface area contributed by atoms with Gasteiger partial charge in [0.2, 0.25) is 0 Å². The quantitative estimate of drug-likeness (QED) is 0.0211. The Balaban J connectivity index is 4.05. The molecular weight excluding hydrogens is 1010 g/mol. The number of carbonyl (C=O) groups is 2. The summed E-state index contributed by atoms with van der Waals surface area (Å²) in [6.07, 6.45) is 80.3. The van der Waals surface area contributed by atoms with E-state index in [1.165, 1.54) is 238 Å². The summed E-state index contributed by atoms with van der Waals surface area (Å²) in [7, 11) is 1.49. The number of likely N-dealkylation sites (N-methyl/N-ethyl adjacent to an activating group) is 1.